The average Bonchev–Trinajstić information content (AvgIpc) is 3.46. The lowest BCUT2D eigenvalue weighted by molar-refractivity contribution is 0.0985. The predicted octanol–water partition coefficient (Wildman–Crippen LogP) is 4.09. The van der Waals surface area contributed by atoms with Crippen LogP contribution in [0.3, 0.4) is 0 Å². The van der Waals surface area contributed by atoms with Crippen LogP contribution in [0.2, 0.25) is 0 Å². The fourth-order valence-corrected chi connectivity index (χ4v) is 5.16. The van der Waals surface area contributed by atoms with E-state index in [0.717, 1.165) is 23.2 Å². The summed E-state index contributed by atoms with van der Waals surface area (Å²) in [4.78, 5) is 19.9. The molecule has 0 bridgehead atoms. The number of benzene rings is 2. The van der Waals surface area contributed by atoms with Crippen molar-refractivity contribution in [3.63, 3.8) is 0 Å². The van der Waals surface area contributed by atoms with E-state index >= 15 is 0 Å². The van der Waals surface area contributed by atoms with Crippen molar-refractivity contribution in [2.24, 2.45) is 0 Å². The first kappa shape index (κ1) is 27.0. The summed E-state index contributed by atoms with van der Waals surface area (Å²) in [6.45, 7) is 3.95. The first-order chi connectivity index (χ1) is 19.2. The van der Waals surface area contributed by atoms with E-state index in [1.165, 1.54) is 18.3 Å². The van der Waals surface area contributed by atoms with E-state index in [-0.39, 0.29) is 16.5 Å². The van der Waals surface area contributed by atoms with Crippen LogP contribution in [0.5, 0.6) is 0 Å². The summed E-state index contributed by atoms with van der Waals surface area (Å²) in [5.41, 5.74) is 2.99. The number of anilines is 4. The molecular weight excluding hydrogens is 530 g/mol. The number of rotatable bonds is 8. The van der Waals surface area contributed by atoms with Gasteiger partial charge in [-0.15, -0.1) is 0 Å². The third-order valence-corrected chi connectivity index (χ3v) is 7.69. The van der Waals surface area contributed by atoms with Gasteiger partial charge in [0.2, 0.25) is 0 Å². The maximum atomic E-state index is 12.8. The number of nitrogens with zero attached hydrogens (tertiary/aromatic N) is 3. The predicted molar refractivity (Wildman–Crippen MR) is 155 cm³/mol. The number of carbonyl (C=O) groups is 1. The number of hydrogen-bond donors (Lipinski definition) is 4. The molecule has 0 aliphatic carbocycles. The molecule has 0 radical (unpaired) electrons. The lowest BCUT2D eigenvalue weighted by Gasteiger charge is -2.35. The summed E-state index contributed by atoms with van der Waals surface area (Å²) in [5, 5.41) is 21.1. The first-order valence-electron chi connectivity index (χ1n) is 12.6. The number of aromatic amines is 1. The normalized spacial score (nSPS) is 15.4. The molecule has 0 unspecified atom stereocenters. The second kappa shape index (κ2) is 11.3. The molecule has 1 fully saturated rings. The van der Waals surface area contributed by atoms with Crippen molar-refractivity contribution in [1.82, 2.24) is 15.2 Å². The van der Waals surface area contributed by atoms with Crippen molar-refractivity contribution in [1.29, 1.82) is 5.41 Å². The van der Waals surface area contributed by atoms with Crippen LogP contribution in [0.4, 0.5) is 23.1 Å². The standard InChI is InChI=1S/C28H29N7O4S/c1-18-17-39-13-12-35(18)26-15-23(24(16-29)27(33-26)32-25-10-11-30-34-25)19-6-8-21(9-7-19)31-28(36)20-4-3-5-22(14-20)40(2,37)38/h3-11,14-16,18,29H,12-13,17H2,1-2H3,(H,31,36)(H2,30,32,33,34)/t18-/m1/s1. The Bertz CT molecular complexity index is 1640. The Labute approximate surface area is 232 Å². The number of morpholine rings is 1. The van der Waals surface area contributed by atoms with Gasteiger partial charge in [-0.2, -0.15) is 5.10 Å². The Hall–Kier alpha value is -4.55. The molecule has 1 amide bonds. The fourth-order valence-electron chi connectivity index (χ4n) is 4.49. The molecule has 3 heterocycles. The van der Waals surface area contributed by atoms with Crippen LogP contribution < -0.4 is 15.5 Å². The number of amides is 1. The summed E-state index contributed by atoms with van der Waals surface area (Å²) in [7, 11) is -3.43. The zero-order valence-electron chi connectivity index (χ0n) is 22.0. The van der Waals surface area contributed by atoms with Crippen LogP contribution in [0.15, 0.2) is 71.8 Å². The minimum absolute atomic E-state index is 0.0808. The molecule has 1 aliphatic rings. The van der Waals surface area contributed by atoms with Gasteiger partial charge in [0, 0.05) is 41.9 Å². The zero-order valence-corrected chi connectivity index (χ0v) is 22.8. The van der Waals surface area contributed by atoms with Crippen molar-refractivity contribution in [2.75, 3.05) is 41.5 Å². The lowest BCUT2D eigenvalue weighted by atomic mass is 10.00. The highest BCUT2D eigenvalue weighted by molar-refractivity contribution is 7.90. The van der Waals surface area contributed by atoms with Crippen molar-refractivity contribution in [3.8, 4) is 11.1 Å². The van der Waals surface area contributed by atoms with Gasteiger partial charge in [0.05, 0.1) is 30.3 Å². The van der Waals surface area contributed by atoms with Crippen LogP contribution in [-0.2, 0) is 14.6 Å². The molecule has 40 heavy (non-hydrogen) atoms. The largest absolute Gasteiger partial charge is 0.377 e. The number of hydrogen-bond acceptors (Lipinski definition) is 9. The monoisotopic (exact) mass is 559 g/mol. The van der Waals surface area contributed by atoms with Crippen molar-refractivity contribution >= 4 is 45.1 Å². The Morgan fingerprint density at radius 1 is 1.18 bits per heavy atom. The van der Waals surface area contributed by atoms with Crippen LogP contribution >= 0.6 is 0 Å². The first-order valence-corrected chi connectivity index (χ1v) is 14.5. The van der Waals surface area contributed by atoms with E-state index in [2.05, 4.69) is 32.7 Å². The van der Waals surface area contributed by atoms with Gasteiger partial charge in [-0.1, -0.05) is 18.2 Å². The molecule has 1 aliphatic heterocycles. The van der Waals surface area contributed by atoms with Gasteiger partial charge in [-0.3, -0.25) is 9.89 Å². The lowest BCUT2D eigenvalue weighted by Crippen LogP contribution is -2.44. The van der Waals surface area contributed by atoms with E-state index in [0.29, 0.717) is 42.6 Å². The topological polar surface area (TPSA) is 153 Å². The van der Waals surface area contributed by atoms with Gasteiger partial charge >= 0.3 is 0 Å². The van der Waals surface area contributed by atoms with Gasteiger partial charge in [0.15, 0.2) is 9.84 Å². The highest BCUT2D eigenvalue weighted by Gasteiger charge is 2.23. The summed E-state index contributed by atoms with van der Waals surface area (Å²) >= 11 is 0. The molecule has 2 aromatic carbocycles. The Morgan fingerprint density at radius 2 is 1.98 bits per heavy atom. The number of ether oxygens (including phenoxy) is 1. The number of carbonyl (C=O) groups excluding carboxylic acids is 1. The third-order valence-electron chi connectivity index (χ3n) is 6.58. The van der Waals surface area contributed by atoms with Crippen molar-refractivity contribution in [2.45, 2.75) is 17.9 Å². The number of sulfone groups is 1. The molecule has 4 N–H and O–H groups in total. The minimum atomic E-state index is -3.43. The summed E-state index contributed by atoms with van der Waals surface area (Å²) in [6.07, 6.45) is 4.00. The number of nitrogens with one attached hydrogen (secondary N) is 4. The van der Waals surface area contributed by atoms with Crippen LogP contribution in [0, 0.1) is 5.41 Å². The average molecular weight is 560 g/mol. The molecule has 1 saturated heterocycles. The van der Waals surface area contributed by atoms with E-state index in [1.807, 2.05) is 18.2 Å². The van der Waals surface area contributed by atoms with E-state index < -0.39 is 15.7 Å². The van der Waals surface area contributed by atoms with E-state index in [4.69, 9.17) is 15.1 Å². The van der Waals surface area contributed by atoms with Gasteiger partial charge in [-0.25, -0.2) is 13.4 Å². The maximum absolute atomic E-state index is 12.8. The molecule has 1 atom stereocenters. The Kier molecular flexibility index (Phi) is 7.63. The van der Waals surface area contributed by atoms with Gasteiger partial charge in [-0.05, 0) is 54.4 Å². The van der Waals surface area contributed by atoms with Crippen LogP contribution in [0.25, 0.3) is 11.1 Å². The minimum Gasteiger partial charge on any atom is -0.377 e. The molecule has 11 nitrogen and oxygen atoms in total. The zero-order chi connectivity index (χ0) is 28.3. The van der Waals surface area contributed by atoms with Gasteiger partial charge < -0.3 is 25.7 Å². The second-order valence-corrected chi connectivity index (χ2v) is 11.5. The molecule has 5 rings (SSSR count). The Morgan fingerprint density at radius 3 is 2.65 bits per heavy atom. The highest BCUT2D eigenvalue weighted by atomic mass is 32.2. The molecular formula is C28H29N7O4S. The van der Waals surface area contributed by atoms with Crippen LogP contribution in [-0.4, -0.2) is 67.8 Å². The Balaban J connectivity index is 1.47. The van der Waals surface area contributed by atoms with Gasteiger partial charge in [0.1, 0.15) is 17.5 Å². The molecule has 206 valence electrons. The fraction of sp³-hybridized carbons (Fsp3) is 0.214. The number of H-pyrrole nitrogens is 1. The van der Waals surface area contributed by atoms with Crippen molar-refractivity contribution in [3.05, 3.63) is 78.0 Å². The van der Waals surface area contributed by atoms with Crippen LogP contribution in [0.1, 0.15) is 22.8 Å². The molecule has 0 saturated carbocycles. The SMILES string of the molecule is C[C@@H]1COCCN1c1cc(-c2ccc(NC(=O)c3cccc(S(C)(=O)=O)c3)cc2)c(C=N)c(Nc2ccn[nH]2)n1. The summed E-state index contributed by atoms with van der Waals surface area (Å²) in [6, 6.07) is 17.0. The van der Waals surface area contributed by atoms with E-state index in [9.17, 15) is 13.2 Å². The molecule has 12 heteroatoms. The van der Waals surface area contributed by atoms with Crippen molar-refractivity contribution < 1.29 is 17.9 Å². The number of aromatic nitrogens is 3. The number of pyridine rings is 1. The maximum Gasteiger partial charge on any atom is 0.255 e. The highest BCUT2D eigenvalue weighted by Crippen LogP contribution is 2.34. The third kappa shape index (κ3) is 5.87. The molecule has 2 aromatic heterocycles. The summed E-state index contributed by atoms with van der Waals surface area (Å²) < 4.78 is 29.4. The van der Waals surface area contributed by atoms with E-state index in [1.54, 1.807) is 36.5 Å². The molecule has 4 aromatic rings. The summed E-state index contributed by atoms with van der Waals surface area (Å²) in [5.74, 6) is 1.49. The second-order valence-electron chi connectivity index (χ2n) is 9.48. The smallest absolute Gasteiger partial charge is 0.255 e. The molecule has 0 spiro atoms. The quantitative estimate of drug-likeness (QED) is 0.236. The van der Waals surface area contributed by atoms with Gasteiger partial charge in [0.25, 0.3) is 5.91 Å².